The molecule has 1 N–H and O–H groups in total. The lowest BCUT2D eigenvalue weighted by Gasteiger charge is -2.17. The third-order valence-corrected chi connectivity index (χ3v) is 5.46. The van der Waals surface area contributed by atoms with E-state index >= 15 is 8.78 Å². The van der Waals surface area contributed by atoms with Crippen molar-refractivity contribution in [3.05, 3.63) is 46.5 Å². The van der Waals surface area contributed by atoms with E-state index in [-0.39, 0.29) is 47.3 Å². The minimum Gasteiger partial charge on any atom is -0.490 e. The summed E-state index contributed by atoms with van der Waals surface area (Å²) in [6, 6.07) is 3.53. The highest BCUT2D eigenvalue weighted by molar-refractivity contribution is 7.06. The molecule has 0 saturated carbocycles. The molecule has 0 aliphatic heterocycles. The van der Waals surface area contributed by atoms with Crippen LogP contribution in [0.1, 0.15) is 23.8 Å². The molecular weight excluding hydrogens is 471 g/mol. The third-order valence-electron chi connectivity index (χ3n) is 4.57. The van der Waals surface area contributed by atoms with Gasteiger partial charge in [-0.25, -0.2) is 13.8 Å². The Labute approximate surface area is 188 Å². The number of rotatable bonds is 8. The van der Waals surface area contributed by atoms with Crippen LogP contribution in [0.3, 0.4) is 0 Å². The summed E-state index contributed by atoms with van der Waals surface area (Å²) >= 11 is 0.0518. The van der Waals surface area contributed by atoms with Crippen molar-refractivity contribution in [1.29, 1.82) is 0 Å². The van der Waals surface area contributed by atoms with Gasteiger partial charge in [-0.15, -0.1) is 0 Å². The van der Waals surface area contributed by atoms with Gasteiger partial charge in [0.05, 0.1) is 25.0 Å². The van der Waals surface area contributed by atoms with E-state index in [1.54, 1.807) is 0 Å². The number of carboxylic acids is 1. The number of methoxy groups -OCH3 is 1. The minimum atomic E-state index is -4.95. The van der Waals surface area contributed by atoms with Crippen LogP contribution >= 0.6 is 11.5 Å². The molecule has 0 spiro atoms. The number of pyridine rings is 1. The number of aryl methyl sites for hydroxylation is 1. The summed E-state index contributed by atoms with van der Waals surface area (Å²) in [4.78, 5) is 13.5. The molecule has 2 aromatic heterocycles. The number of ether oxygens (including phenoxy) is 2. The fourth-order valence-electron chi connectivity index (χ4n) is 3.16. The summed E-state index contributed by atoms with van der Waals surface area (Å²) < 4.78 is 85.9. The van der Waals surface area contributed by atoms with Crippen molar-refractivity contribution in [2.45, 2.75) is 25.9 Å². The van der Waals surface area contributed by atoms with E-state index in [9.17, 15) is 18.0 Å². The predicted molar refractivity (Wildman–Crippen MR) is 109 cm³/mol. The van der Waals surface area contributed by atoms with Gasteiger partial charge in [-0.05, 0) is 37.0 Å². The smallest absolute Gasteiger partial charge is 0.427 e. The van der Waals surface area contributed by atoms with E-state index in [0.29, 0.717) is 0 Å². The fourth-order valence-corrected chi connectivity index (χ4v) is 3.93. The van der Waals surface area contributed by atoms with Crippen molar-refractivity contribution in [3.63, 3.8) is 0 Å². The number of alkyl halides is 3. The fraction of sp³-hybridized carbons (Fsp3) is 0.286. The lowest BCUT2D eigenvalue weighted by atomic mass is 9.95. The summed E-state index contributed by atoms with van der Waals surface area (Å²) in [7, 11) is 1.35. The van der Waals surface area contributed by atoms with E-state index in [0.717, 1.165) is 6.07 Å². The van der Waals surface area contributed by atoms with Gasteiger partial charge in [0, 0.05) is 35.4 Å². The average molecular weight is 488 g/mol. The number of hydrogen-bond donors (Lipinski definition) is 1. The lowest BCUT2D eigenvalue weighted by Crippen LogP contribution is -2.09. The molecule has 3 aromatic rings. The van der Waals surface area contributed by atoms with Crippen LogP contribution in [-0.4, -0.2) is 34.2 Å². The third kappa shape index (κ3) is 5.05. The summed E-state index contributed by atoms with van der Waals surface area (Å²) in [6.45, 7) is 1.43. The Bertz CT molecular complexity index is 1160. The Balaban J connectivity index is 2.29. The number of benzene rings is 1. The topological polar surface area (TPSA) is 81.5 Å². The molecule has 0 fully saturated rings. The van der Waals surface area contributed by atoms with Gasteiger partial charge >= 0.3 is 12.1 Å². The largest absolute Gasteiger partial charge is 0.490 e. The summed E-state index contributed by atoms with van der Waals surface area (Å²) in [5.41, 5.74) is -2.10. The van der Waals surface area contributed by atoms with Crippen LogP contribution in [-0.2, 0) is 17.4 Å². The van der Waals surface area contributed by atoms with E-state index in [4.69, 9.17) is 14.6 Å². The molecule has 0 unspecified atom stereocenters. The molecule has 6 nitrogen and oxygen atoms in total. The SMILES string of the molecule is CCOc1c(CCC(=O)O)cc(F)c(-c2c(-c3ccc(OC)nc3)nsc2C(F)(F)F)c1F. The van der Waals surface area contributed by atoms with Gasteiger partial charge in [-0.1, -0.05) is 0 Å². The van der Waals surface area contributed by atoms with Crippen molar-refractivity contribution in [3.8, 4) is 34.0 Å². The first-order chi connectivity index (χ1) is 15.6. The normalized spacial score (nSPS) is 11.5. The summed E-state index contributed by atoms with van der Waals surface area (Å²) in [5, 5.41) is 8.89. The van der Waals surface area contributed by atoms with Gasteiger partial charge in [0.2, 0.25) is 5.88 Å². The van der Waals surface area contributed by atoms with E-state index in [2.05, 4.69) is 9.36 Å². The van der Waals surface area contributed by atoms with Crippen LogP contribution in [0.2, 0.25) is 0 Å². The molecule has 12 heteroatoms. The summed E-state index contributed by atoms with van der Waals surface area (Å²) in [6.07, 6.45) is -4.49. The molecule has 0 aliphatic carbocycles. The Morgan fingerprint density at radius 1 is 1.21 bits per heavy atom. The average Bonchev–Trinajstić information content (AvgIpc) is 3.19. The second kappa shape index (κ2) is 9.69. The van der Waals surface area contributed by atoms with Crippen LogP contribution in [0.4, 0.5) is 22.0 Å². The number of carboxylic acid groups (broad SMARTS) is 1. The Hall–Kier alpha value is -3.28. The Kier molecular flexibility index (Phi) is 7.15. The molecule has 0 amide bonds. The van der Waals surface area contributed by atoms with Crippen molar-refractivity contribution < 1.29 is 41.3 Å². The molecule has 176 valence electrons. The van der Waals surface area contributed by atoms with E-state index < -0.39 is 52.0 Å². The van der Waals surface area contributed by atoms with Gasteiger partial charge in [0.25, 0.3) is 0 Å². The molecule has 33 heavy (non-hydrogen) atoms. The van der Waals surface area contributed by atoms with Crippen LogP contribution in [0.15, 0.2) is 24.4 Å². The Morgan fingerprint density at radius 3 is 2.48 bits per heavy atom. The molecule has 0 radical (unpaired) electrons. The highest BCUT2D eigenvalue weighted by Crippen LogP contribution is 2.48. The molecular formula is C21H17F5N2O4S. The predicted octanol–water partition coefficient (Wildman–Crippen LogP) is 5.59. The number of aliphatic carboxylic acids is 1. The number of halogens is 5. The van der Waals surface area contributed by atoms with Crippen molar-refractivity contribution in [1.82, 2.24) is 9.36 Å². The first-order valence-electron chi connectivity index (χ1n) is 9.51. The van der Waals surface area contributed by atoms with Gasteiger partial charge in [0.1, 0.15) is 10.7 Å². The second-order valence-electron chi connectivity index (χ2n) is 6.68. The van der Waals surface area contributed by atoms with Crippen LogP contribution in [0, 0.1) is 11.6 Å². The second-order valence-corrected chi connectivity index (χ2v) is 7.46. The standard InChI is InChI=1S/C21H17F5N2O4S/c1-3-32-19-10(5-7-14(29)30)8-12(22)15(17(19)23)16-18(28-33-20(16)21(24,25)26)11-4-6-13(31-2)27-9-11/h4,6,8-9H,3,5,7H2,1-2H3,(H,29,30). The highest BCUT2D eigenvalue weighted by Gasteiger charge is 2.40. The molecule has 3 rings (SSSR count). The van der Waals surface area contributed by atoms with Crippen LogP contribution in [0.25, 0.3) is 22.4 Å². The number of nitrogens with zero attached hydrogens (tertiary/aromatic N) is 2. The van der Waals surface area contributed by atoms with E-state index in [1.165, 1.54) is 32.4 Å². The maximum absolute atomic E-state index is 15.5. The molecule has 0 atom stereocenters. The van der Waals surface area contributed by atoms with Crippen LogP contribution in [0.5, 0.6) is 11.6 Å². The maximum Gasteiger partial charge on any atom is 0.427 e. The molecule has 0 aliphatic rings. The summed E-state index contributed by atoms with van der Waals surface area (Å²) in [5.74, 6) is -4.20. The molecule has 2 heterocycles. The van der Waals surface area contributed by atoms with Gasteiger partial charge in [-0.3, -0.25) is 4.79 Å². The van der Waals surface area contributed by atoms with Crippen molar-refractivity contribution in [2.24, 2.45) is 0 Å². The quantitative estimate of drug-likeness (QED) is 0.416. The van der Waals surface area contributed by atoms with Crippen molar-refractivity contribution >= 4 is 17.5 Å². The molecule has 0 saturated heterocycles. The van der Waals surface area contributed by atoms with E-state index in [1.807, 2.05) is 0 Å². The minimum absolute atomic E-state index is 0.0518. The number of carbonyl (C=O) groups is 1. The number of hydrogen-bond acceptors (Lipinski definition) is 6. The highest BCUT2D eigenvalue weighted by atomic mass is 32.1. The van der Waals surface area contributed by atoms with Crippen LogP contribution < -0.4 is 9.47 Å². The zero-order valence-corrected chi connectivity index (χ0v) is 18.1. The monoisotopic (exact) mass is 488 g/mol. The lowest BCUT2D eigenvalue weighted by molar-refractivity contribution is -0.137. The van der Waals surface area contributed by atoms with Gasteiger partial charge in [-0.2, -0.15) is 17.5 Å². The molecule has 1 aromatic carbocycles. The van der Waals surface area contributed by atoms with Gasteiger partial charge in [0.15, 0.2) is 11.6 Å². The first-order valence-corrected chi connectivity index (χ1v) is 10.3. The van der Waals surface area contributed by atoms with Crippen molar-refractivity contribution in [2.75, 3.05) is 13.7 Å². The zero-order valence-electron chi connectivity index (χ0n) is 17.3. The van der Waals surface area contributed by atoms with Gasteiger partial charge < -0.3 is 14.6 Å². The number of aromatic nitrogens is 2. The first kappa shape index (κ1) is 24.4. The molecule has 0 bridgehead atoms. The Morgan fingerprint density at radius 2 is 1.94 bits per heavy atom. The zero-order chi connectivity index (χ0) is 24.3. The maximum atomic E-state index is 15.5.